The highest BCUT2D eigenvalue weighted by Crippen LogP contribution is 2.33. The Balaban J connectivity index is 3.34. The van der Waals surface area contributed by atoms with Crippen LogP contribution in [0.25, 0.3) is 0 Å². The SMILES string of the molecule is CC(C)(Nc1cc(C(F)(F)F)ncc1[N+](=O)[O-])C(N)=O. The van der Waals surface area contributed by atoms with E-state index in [-0.39, 0.29) is 0 Å². The lowest BCUT2D eigenvalue weighted by molar-refractivity contribution is -0.384. The van der Waals surface area contributed by atoms with Gasteiger partial charge in [-0.15, -0.1) is 0 Å². The number of nitrogens with zero attached hydrogens (tertiary/aromatic N) is 2. The Morgan fingerprint density at radius 2 is 2.00 bits per heavy atom. The van der Waals surface area contributed by atoms with Crippen molar-refractivity contribution in [2.75, 3.05) is 5.32 Å². The van der Waals surface area contributed by atoms with Crippen LogP contribution in [0.15, 0.2) is 12.3 Å². The van der Waals surface area contributed by atoms with Crippen molar-refractivity contribution >= 4 is 17.3 Å². The number of primary amides is 1. The number of aromatic nitrogens is 1. The Labute approximate surface area is 111 Å². The number of pyridine rings is 1. The highest BCUT2D eigenvalue weighted by molar-refractivity contribution is 5.87. The summed E-state index contributed by atoms with van der Waals surface area (Å²) in [6.45, 7) is 2.57. The second-order valence-electron chi connectivity index (χ2n) is 4.46. The molecule has 0 bridgehead atoms. The summed E-state index contributed by atoms with van der Waals surface area (Å²) in [5.74, 6) is -0.878. The van der Waals surface area contributed by atoms with Crippen molar-refractivity contribution in [2.24, 2.45) is 5.73 Å². The molecule has 0 radical (unpaired) electrons. The van der Waals surface area contributed by atoms with Crippen LogP contribution in [0.5, 0.6) is 0 Å². The van der Waals surface area contributed by atoms with Crippen molar-refractivity contribution in [2.45, 2.75) is 25.6 Å². The highest BCUT2D eigenvalue weighted by Gasteiger charge is 2.36. The number of carbonyl (C=O) groups is 1. The van der Waals surface area contributed by atoms with Gasteiger partial charge in [0.1, 0.15) is 23.1 Å². The van der Waals surface area contributed by atoms with Gasteiger partial charge in [-0.3, -0.25) is 14.9 Å². The van der Waals surface area contributed by atoms with Gasteiger partial charge in [0.25, 0.3) is 0 Å². The zero-order chi connectivity index (χ0) is 15.7. The molecule has 1 amide bonds. The second-order valence-corrected chi connectivity index (χ2v) is 4.46. The third kappa shape index (κ3) is 3.33. The maximum absolute atomic E-state index is 12.5. The number of nitro groups is 1. The normalized spacial score (nSPS) is 12.1. The number of nitrogens with two attached hydrogens (primary N) is 1. The van der Waals surface area contributed by atoms with Crippen molar-refractivity contribution in [1.29, 1.82) is 0 Å². The number of anilines is 1. The molecule has 1 rings (SSSR count). The van der Waals surface area contributed by atoms with Crippen LogP contribution in [0, 0.1) is 10.1 Å². The topological polar surface area (TPSA) is 111 Å². The largest absolute Gasteiger partial charge is 0.433 e. The summed E-state index contributed by atoms with van der Waals surface area (Å²) in [4.78, 5) is 24.0. The fraction of sp³-hybridized carbons (Fsp3) is 0.400. The fourth-order valence-corrected chi connectivity index (χ4v) is 1.25. The molecule has 20 heavy (non-hydrogen) atoms. The maximum atomic E-state index is 12.5. The number of nitrogens with one attached hydrogen (secondary N) is 1. The van der Waals surface area contributed by atoms with Crippen molar-refractivity contribution < 1.29 is 22.9 Å². The van der Waals surface area contributed by atoms with Crippen LogP contribution in [0.3, 0.4) is 0 Å². The number of hydrogen-bond acceptors (Lipinski definition) is 5. The van der Waals surface area contributed by atoms with E-state index in [1.807, 2.05) is 0 Å². The predicted molar refractivity (Wildman–Crippen MR) is 62.8 cm³/mol. The lowest BCUT2D eigenvalue weighted by Gasteiger charge is -2.23. The summed E-state index contributed by atoms with van der Waals surface area (Å²) in [6, 6.07) is 0.461. The van der Waals surface area contributed by atoms with Gasteiger partial charge in [0.15, 0.2) is 0 Å². The Hall–Kier alpha value is -2.39. The maximum Gasteiger partial charge on any atom is 0.433 e. The Morgan fingerprint density at radius 1 is 1.45 bits per heavy atom. The lowest BCUT2D eigenvalue weighted by Crippen LogP contribution is -2.45. The molecule has 1 aromatic rings. The predicted octanol–water partition coefficient (Wildman–Crippen LogP) is 1.68. The summed E-state index contributed by atoms with van der Waals surface area (Å²) >= 11 is 0. The molecule has 0 unspecified atom stereocenters. The van der Waals surface area contributed by atoms with Crippen LogP contribution >= 0.6 is 0 Å². The Bertz CT molecular complexity index is 557. The number of rotatable bonds is 4. The average Bonchev–Trinajstić information content (AvgIpc) is 2.26. The van der Waals surface area contributed by atoms with Gasteiger partial charge in [-0.25, -0.2) is 4.98 Å². The molecule has 0 aliphatic carbocycles. The van der Waals surface area contributed by atoms with Crippen molar-refractivity contribution in [3.05, 3.63) is 28.1 Å². The molecule has 7 nitrogen and oxygen atoms in total. The van der Waals surface area contributed by atoms with E-state index in [4.69, 9.17) is 5.73 Å². The van der Waals surface area contributed by atoms with Crippen LogP contribution in [-0.2, 0) is 11.0 Å². The van der Waals surface area contributed by atoms with Crippen molar-refractivity contribution in [3.8, 4) is 0 Å². The van der Waals surface area contributed by atoms with E-state index < -0.39 is 39.6 Å². The molecule has 0 atom stereocenters. The first-order chi connectivity index (χ1) is 8.95. The Morgan fingerprint density at radius 3 is 2.40 bits per heavy atom. The highest BCUT2D eigenvalue weighted by atomic mass is 19.4. The molecule has 0 aromatic carbocycles. The van der Waals surface area contributed by atoms with Crippen LogP contribution in [0.1, 0.15) is 19.5 Å². The standard InChI is InChI=1S/C10H11F3N4O3/c1-9(2,8(14)18)16-5-3-7(10(11,12)13)15-4-6(5)17(19)20/h3-4H,1-2H3,(H2,14,18)(H,15,16). The first kappa shape index (κ1) is 15.7. The minimum Gasteiger partial charge on any atom is -0.368 e. The molecule has 3 N–H and O–H groups in total. The molecule has 1 aromatic heterocycles. The smallest absolute Gasteiger partial charge is 0.368 e. The number of halogens is 3. The third-order valence-corrected chi connectivity index (χ3v) is 2.43. The van der Waals surface area contributed by atoms with Gasteiger partial charge in [-0.2, -0.15) is 13.2 Å². The lowest BCUT2D eigenvalue weighted by atomic mass is 10.0. The number of amides is 1. The summed E-state index contributed by atoms with van der Waals surface area (Å²) in [5, 5.41) is 13.1. The molecular weight excluding hydrogens is 281 g/mol. The van der Waals surface area contributed by atoms with Crippen LogP contribution < -0.4 is 11.1 Å². The van der Waals surface area contributed by atoms with E-state index >= 15 is 0 Å². The van der Waals surface area contributed by atoms with Crippen molar-refractivity contribution in [1.82, 2.24) is 4.98 Å². The molecule has 0 spiro atoms. The van der Waals surface area contributed by atoms with Crippen molar-refractivity contribution in [3.63, 3.8) is 0 Å². The van der Waals surface area contributed by atoms with E-state index in [2.05, 4.69) is 10.3 Å². The van der Waals surface area contributed by atoms with Crippen LogP contribution in [0.2, 0.25) is 0 Å². The molecule has 1 heterocycles. The van der Waals surface area contributed by atoms with E-state index in [0.717, 1.165) is 0 Å². The number of hydrogen-bond donors (Lipinski definition) is 2. The van der Waals surface area contributed by atoms with Crippen LogP contribution in [0.4, 0.5) is 24.5 Å². The first-order valence-electron chi connectivity index (χ1n) is 5.25. The van der Waals surface area contributed by atoms with E-state index in [1.54, 1.807) is 0 Å². The molecule has 110 valence electrons. The molecule has 0 saturated heterocycles. The number of carbonyl (C=O) groups excluding carboxylic acids is 1. The minimum atomic E-state index is -4.76. The fourth-order valence-electron chi connectivity index (χ4n) is 1.25. The average molecular weight is 292 g/mol. The molecule has 0 fully saturated rings. The van der Waals surface area contributed by atoms with Crippen LogP contribution in [-0.4, -0.2) is 21.4 Å². The van der Waals surface area contributed by atoms with Gasteiger partial charge in [0, 0.05) is 0 Å². The van der Waals surface area contributed by atoms with E-state index in [9.17, 15) is 28.1 Å². The summed E-state index contributed by atoms with van der Waals surface area (Å²) in [5.41, 5.74) is 1.11. The summed E-state index contributed by atoms with van der Waals surface area (Å²) < 4.78 is 37.6. The second kappa shape index (κ2) is 4.94. The van der Waals surface area contributed by atoms with Gasteiger partial charge in [-0.1, -0.05) is 0 Å². The van der Waals surface area contributed by atoms with Gasteiger partial charge >= 0.3 is 11.9 Å². The quantitative estimate of drug-likeness (QED) is 0.648. The van der Waals surface area contributed by atoms with Gasteiger partial charge in [0.05, 0.1) is 4.92 Å². The van der Waals surface area contributed by atoms with E-state index in [0.29, 0.717) is 12.3 Å². The summed E-state index contributed by atoms with van der Waals surface area (Å²) in [7, 11) is 0. The number of alkyl halides is 3. The molecule has 0 aliphatic rings. The monoisotopic (exact) mass is 292 g/mol. The van der Waals surface area contributed by atoms with Gasteiger partial charge in [0.2, 0.25) is 5.91 Å². The molecule has 0 saturated carbocycles. The van der Waals surface area contributed by atoms with Gasteiger partial charge in [-0.05, 0) is 19.9 Å². The zero-order valence-corrected chi connectivity index (χ0v) is 10.5. The van der Waals surface area contributed by atoms with Gasteiger partial charge < -0.3 is 11.1 Å². The molecular formula is C10H11F3N4O3. The first-order valence-corrected chi connectivity index (χ1v) is 5.25. The Kier molecular flexibility index (Phi) is 3.87. The zero-order valence-electron chi connectivity index (χ0n) is 10.5. The molecule has 0 aliphatic heterocycles. The molecule has 10 heteroatoms. The third-order valence-electron chi connectivity index (χ3n) is 2.43. The van der Waals surface area contributed by atoms with E-state index in [1.165, 1.54) is 13.8 Å². The summed E-state index contributed by atoms with van der Waals surface area (Å²) in [6.07, 6.45) is -4.29. The minimum absolute atomic E-state index is 0.461.